The number of hydrogen-bond donors (Lipinski definition) is 1. The van der Waals surface area contributed by atoms with Crippen LogP contribution < -0.4 is 5.32 Å². The predicted molar refractivity (Wildman–Crippen MR) is 101 cm³/mol. The topological polar surface area (TPSA) is 42.7 Å². The highest BCUT2D eigenvalue weighted by Gasteiger charge is 2.15. The van der Waals surface area contributed by atoms with Gasteiger partial charge in [0.2, 0.25) is 0 Å². The van der Waals surface area contributed by atoms with Gasteiger partial charge < -0.3 is 5.32 Å². The van der Waals surface area contributed by atoms with Crippen molar-refractivity contribution < 1.29 is 0 Å². The van der Waals surface area contributed by atoms with Crippen LogP contribution in [0.3, 0.4) is 0 Å². The van der Waals surface area contributed by atoms with E-state index in [0.29, 0.717) is 0 Å². The second-order valence-corrected chi connectivity index (χ2v) is 6.26. The first kappa shape index (κ1) is 17.1. The molecule has 0 fully saturated rings. The lowest BCUT2D eigenvalue weighted by Gasteiger charge is -2.20. The minimum atomic E-state index is 0.116. The van der Waals surface area contributed by atoms with Crippen LogP contribution >= 0.6 is 0 Å². The molecule has 3 rings (SSSR count). The maximum Gasteiger partial charge on any atom is 0.0638 e. The summed E-state index contributed by atoms with van der Waals surface area (Å²) in [7, 11) is 0. The number of aryl methyl sites for hydroxylation is 2. The highest BCUT2D eigenvalue weighted by atomic mass is 15.3. The minimum absolute atomic E-state index is 0.116. The molecular weight excluding hydrogens is 308 g/mol. The third-order valence-electron chi connectivity index (χ3n) is 4.31. The van der Waals surface area contributed by atoms with Crippen LogP contribution in [0.1, 0.15) is 34.0 Å². The van der Waals surface area contributed by atoms with E-state index in [-0.39, 0.29) is 6.04 Å². The molecule has 2 heterocycles. The maximum absolute atomic E-state index is 4.53. The van der Waals surface area contributed by atoms with Gasteiger partial charge in [-0.2, -0.15) is 5.10 Å². The normalized spacial score (nSPS) is 12.1. The smallest absolute Gasteiger partial charge is 0.0638 e. The number of rotatable bonds is 7. The Morgan fingerprint density at radius 3 is 2.44 bits per heavy atom. The monoisotopic (exact) mass is 332 g/mol. The summed E-state index contributed by atoms with van der Waals surface area (Å²) in [6.45, 7) is 9.41. The van der Waals surface area contributed by atoms with Crippen molar-refractivity contribution in [3.63, 3.8) is 0 Å². The second-order valence-electron chi connectivity index (χ2n) is 6.26. The van der Waals surface area contributed by atoms with Crippen molar-refractivity contribution >= 4 is 0 Å². The van der Waals surface area contributed by atoms with E-state index < -0.39 is 0 Å². The lowest BCUT2D eigenvalue weighted by atomic mass is 9.98. The van der Waals surface area contributed by atoms with Crippen LogP contribution in [0.15, 0.2) is 67.6 Å². The van der Waals surface area contributed by atoms with Gasteiger partial charge in [0, 0.05) is 30.7 Å². The van der Waals surface area contributed by atoms with Gasteiger partial charge >= 0.3 is 0 Å². The number of aromatic nitrogens is 3. The summed E-state index contributed by atoms with van der Waals surface area (Å²) >= 11 is 0. The molecule has 4 heteroatoms. The van der Waals surface area contributed by atoms with Crippen LogP contribution in [-0.4, -0.2) is 14.8 Å². The van der Waals surface area contributed by atoms with Gasteiger partial charge in [-0.1, -0.05) is 35.9 Å². The summed E-state index contributed by atoms with van der Waals surface area (Å²) in [4.78, 5) is 4.14. The Labute approximate surface area is 149 Å². The Morgan fingerprint density at radius 1 is 1.08 bits per heavy atom. The van der Waals surface area contributed by atoms with Gasteiger partial charge in [-0.25, -0.2) is 0 Å². The molecular formula is C21H24N4. The van der Waals surface area contributed by atoms with Crippen molar-refractivity contribution in [2.24, 2.45) is 0 Å². The summed E-state index contributed by atoms with van der Waals surface area (Å²) in [5.74, 6) is 0. The quantitative estimate of drug-likeness (QED) is 0.666. The molecule has 0 saturated heterocycles. The van der Waals surface area contributed by atoms with Crippen molar-refractivity contribution in [3.8, 4) is 0 Å². The summed E-state index contributed by atoms with van der Waals surface area (Å²) in [5.41, 5.74) is 5.96. The third kappa shape index (κ3) is 4.22. The highest BCUT2D eigenvalue weighted by molar-refractivity contribution is 5.32. The third-order valence-corrected chi connectivity index (χ3v) is 4.31. The molecule has 1 atom stereocenters. The lowest BCUT2D eigenvalue weighted by Crippen LogP contribution is -2.22. The summed E-state index contributed by atoms with van der Waals surface area (Å²) in [5, 5.41) is 8.21. The van der Waals surface area contributed by atoms with Gasteiger partial charge in [-0.3, -0.25) is 9.67 Å². The zero-order valence-electron chi connectivity index (χ0n) is 14.8. The Morgan fingerprint density at radius 2 is 1.76 bits per heavy atom. The molecule has 3 aromatic rings. The van der Waals surface area contributed by atoms with Crippen molar-refractivity contribution in [1.82, 2.24) is 20.1 Å². The van der Waals surface area contributed by atoms with Crippen molar-refractivity contribution in [1.29, 1.82) is 0 Å². The number of pyridine rings is 1. The largest absolute Gasteiger partial charge is 0.302 e. The number of hydrogen-bond acceptors (Lipinski definition) is 3. The van der Waals surface area contributed by atoms with E-state index >= 15 is 0 Å². The fraction of sp³-hybridized carbons (Fsp3) is 0.238. The molecule has 1 N–H and O–H groups in total. The second kappa shape index (κ2) is 7.90. The molecule has 128 valence electrons. The summed E-state index contributed by atoms with van der Waals surface area (Å²) < 4.78 is 1.92. The zero-order valence-corrected chi connectivity index (χ0v) is 14.8. The van der Waals surface area contributed by atoms with Crippen molar-refractivity contribution in [2.45, 2.75) is 33.0 Å². The molecule has 25 heavy (non-hydrogen) atoms. The maximum atomic E-state index is 4.53. The van der Waals surface area contributed by atoms with Gasteiger partial charge in [0.1, 0.15) is 0 Å². The number of nitrogens with zero attached hydrogens (tertiary/aromatic N) is 3. The molecule has 1 aromatic carbocycles. The van der Waals surface area contributed by atoms with Crippen molar-refractivity contribution in [3.05, 3.63) is 95.6 Å². The average molecular weight is 332 g/mol. The molecule has 0 amide bonds. The van der Waals surface area contributed by atoms with Gasteiger partial charge in [0.15, 0.2) is 0 Å². The fourth-order valence-electron chi connectivity index (χ4n) is 2.91. The SMILES string of the molecule is C=CCn1cc(CN[C@H](c2ccncc2)c2ccc(C)cc2)c(C)n1. The summed E-state index contributed by atoms with van der Waals surface area (Å²) in [6.07, 6.45) is 7.62. The zero-order chi connectivity index (χ0) is 17.6. The molecule has 0 aliphatic heterocycles. The molecule has 0 unspecified atom stereocenters. The Bertz CT molecular complexity index is 819. The van der Waals surface area contributed by atoms with E-state index in [0.717, 1.165) is 18.8 Å². The Balaban J connectivity index is 1.83. The molecule has 0 bridgehead atoms. The highest BCUT2D eigenvalue weighted by Crippen LogP contribution is 2.23. The first-order valence-corrected chi connectivity index (χ1v) is 8.51. The Hall–Kier alpha value is -2.72. The van der Waals surface area contributed by atoms with Gasteiger partial charge in [-0.05, 0) is 37.1 Å². The first-order valence-electron chi connectivity index (χ1n) is 8.51. The van der Waals surface area contributed by atoms with E-state index in [2.05, 4.69) is 71.5 Å². The molecule has 4 nitrogen and oxygen atoms in total. The van der Waals surface area contributed by atoms with Gasteiger partial charge in [-0.15, -0.1) is 6.58 Å². The molecule has 0 aliphatic rings. The van der Waals surface area contributed by atoms with Crippen molar-refractivity contribution in [2.75, 3.05) is 0 Å². The van der Waals surface area contributed by atoms with E-state index in [4.69, 9.17) is 0 Å². The van der Waals surface area contributed by atoms with E-state index in [1.807, 2.05) is 30.1 Å². The summed E-state index contributed by atoms with van der Waals surface area (Å²) in [6, 6.07) is 12.9. The van der Waals surface area contributed by atoms with E-state index in [1.54, 1.807) is 0 Å². The van der Waals surface area contributed by atoms with Crippen LogP contribution in [0.25, 0.3) is 0 Å². The first-order chi connectivity index (χ1) is 12.2. The van der Waals surface area contributed by atoms with Crippen LogP contribution in [0.5, 0.6) is 0 Å². The number of allylic oxidation sites excluding steroid dienone is 1. The average Bonchev–Trinajstić information content (AvgIpc) is 2.97. The molecule has 0 aliphatic carbocycles. The fourth-order valence-corrected chi connectivity index (χ4v) is 2.91. The standard InChI is InChI=1S/C21H24N4/c1-4-13-25-15-20(17(3)24-25)14-23-21(19-9-11-22-12-10-19)18-7-5-16(2)6-8-18/h4-12,15,21,23H,1,13-14H2,2-3H3/t21-/m0/s1. The van der Waals surface area contributed by atoms with Crippen LogP contribution in [0, 0.1) is 13.8 Å². The van der Waals surface area contributed by atoms with E-state index in [1.165, 1.54) is 22.3 Å². The van der Waals surface area contributed by atoms with Crippen LogP contribution in [0.4, 0.5) is 0 Å². The Kier molecular flexibility index (Phi) is 5.41. The molecule has 2 aromatic heterocycles. The minimum Gasteiger partial charge on any atom is -0.302 e. The molecule has 0 radical (unpaired) electrons. The number of benzene rings is 1. The van der Waals surface area contributed by atoms with Crippen LogP contribution in [-0.2, 0) is 13.1 Å². The van der Waals surface area contributed by atoms with Crippen LogP contribution in [0.2, 0.25) is 0 Å². The van der Waals surface area contributed by atoms with E-state index in [9.17, 15) is 0 Å². The van der Waals surface area contributed by atoms with Gasteiger partial charge in [0.05, 0.1) is 18.3 Å². The van der Waals surface area contributed by atoms with Gasteiger partial charge in [0.25, 0.3) is 0 Å². The molecule has 0 saturated carbocycles. The predicted octanol–water partition coefficient (Wildman–Crippen LogP) is 3.96. The lowest BCUT2D eigenvalue weighted by molar-refractivity contribution is 0.602. The molecule has 0 spiro atoms. The number of nitrogens with one attached hydrogen (secondary N) is 1.